The van der Waals surface area contributed by atoms with Gasteiger partial charge in [0.05, 0.1) is 6.61 Å². The van der Waals surface area contributed by atoms with Crippen LogP contribution in [0.4, 0.5) is 0 Å². The Morgan fingerprint density at radius 2 is 2.25 bits per heavy atom. The molecule has 0 atom stereocenters. The first-order valence-corrected chi connectivity index (χ1v) is 4.12. The minimum absolute atomic E-state index is 0.201. The lowest BCUT2D eigenvalue weighted by atomic mass is 10.4. The van der Waals surface area contributed by atoms with Crippen molar-refractivity contribution in [1.29, 1.82) is 0 Å². The average molecular weight is 173 g/mol. The van der Waals surface area contributed by atoms with Gasteiger partial charge in [-0.05, 0) is 14.0 Å². The molecule has 0 aliphatic heterocycles. The van der Waals surface area contributed by atoms with Crippen molar-refractivity contribution in [3.8, 4) is 0 Å². The van der Waals surface area contributed by atoms with E-state index in [1.54, 1.807) is 0 Å². The van der Waals surface area contributed by atoms with Crippen LogP contribution in [0.5, 0.6) is 0 Å². The Morgan fingerprint density at radius 3 is 2.67 bits per heavy atom. The molecule has 0 unspecified atom stereocenters. The van der Waals surface area contributed by atoms with Crippen LogP contribution in [0.2, 0.25) is 0 Å². The summed E-state index contributed by atoms with van der Waals surface area (Å²) in [6.45, 7) is 3.69. The van der Waals surface area contributed by atoms with Gasteiger partial charge in [0.2, 0.25) is 0 Å². The van der Waals surface area contributed by atoms with Crippen molar-refractivity contribution in [2.45, 2.75) is 6.92 Å². The third-order valence-corrected chi connectivity index (χ3v) is 1.56. The summed E-state index contributed by atoms with van der Waals surface area (Å²) in [5, 5.41) is 8.66. The molecule has 3 N–H and O–H groups in total. The normalized spacial score (nSPS) is 12.2. The second-order valence-electron chi connectivity index (χ2n) is 2.65. The second-order valence-corrected chi connectivity index (χ2v) is 2.65. The molecule has 0 spiro atoms. The highest BCUT2D eigenvalue weighted by Gasteiger charge is 1.99. The van der Waals surface area contributed by atoms with Gasteiger partial charge in [-0.2, -0.15) is 0 Å². The summed E-state index contributed by atoms with van der Waals surface area (Å²) in [5.74, 6) is 0. The zero-order valence-electron chi connectivity index (χ0n) is 8.09. The Kier molecular flexibility index (Phi) is 6.75. The minimum Gasteiger partial charge on any atom is -0.395 e. The van der Waals surface area contributed by atoms with Crippen molar-refractivity contribution in [1.82, 2.24) is 15.8 Å². The molecule has 0 saturated carbocycles. The van der Waals surface area contributed by atoms with Crippen molar-refractivity contribution < 1.29 is 5.11 Å². The van der Waals surface area contributed by atoms with Gasteiger partial charge >= 0.3 is 0 Å². The summed E-state index contributed by atoms with van der Waals surface area (Å²) >= 11 is 0. The minimum atomic E-state index is 0.201. The first kappa shape index (κ1) is 11.4. The number of aliphatic hydroxyl groups excluding tert-OH is 1. The highest BCUT2D eigenvalue weighted by atomic mass is 16.3. The van der Waals surface area contributed by atoms with E-state index in [1.165, 1.54) is 0 Å². The fraction of sp³-hybridized carbons (Fsp3) is 0.750. The zero-order chi connectivity index (χ0) is 9.40. The van der Waals surface area contributed by atoms with Crippen LogP contribution in [0.1, 0.15) is 6.92 Å². The summed E-state index contributed by atoms with van der Waals surface area (Å²) in [4.78, 5) is 2.04. The molecule has 0 amide bonds. The maximum Gasteiger partial charge on any atom is 0.0558 e. The van der Waals surface area contributed by atoms with E-state index < -0.39 is 0 Å². The lowest BCUT2D eigenvalue weighted by Crippen LogP contribution is -2.34. The molecule has 0 aliphatic carbocycles. The van der Waals surface area contributed by atoms with Gasteiger partial charge in [0, 0.05) is 25.8 Å². The Labute approximate surface area is 74.2 Å². The van der Waals surface area contributed by atoms with Crippen LogP contribution in [0, 0.1) is 0 Å². The highest BCUT2D eigenvalue weighted by Crippen LogP contribution is 1.91. The van der Waals surface area contributed by atoms with Crippen molar-refractivity contribution in [2.24, 2.45) is 0 Å². The Bertz CT molecular complexity index is 136. The largest absolute Gasteiger partial charge is 0.395 e. The van der Waals surface area contributed by atoms with Crippen molar-refractivity contribution >= 4 is 0 Å². The van der Waals surface area contributed by atoms with Gasteiger partial charge in [-0.15, -0.1) is 0 Å². The number of rotatable bonds is 6. The van der Waals surface area contributed by atoms with Gasteiger partial charge in [0.25, 0.3) is 0 Å². The van der Waals surface area contributed by atoms with Gasteiger partial charge in [-0.25, -0.2) is 5.43 Å². The Hall–Kier alpha value is -0.580. The van der Waals surface area contributed by atoms with E-state index in [4.69, 9.17) is 5.11 Å². The van der Waals surface area contributed by atoms with E-state index in [0.29, 0.717) is 6.54 Å². The molecule has 4 nitrogen and oxygen atoms in total. The van der Waals surface area contributed by atoms with Crippen LogP contribution in [0.15, 0.2) is 11.8 Å². The predicted molar refractivity (Wildman–Crippen MR) is 50.5 cm³/mol. The maximum absolute atomic E-state index is 8.66. The fourth-order valence-electron chi connectivity index (χ4n) is 0.904. The fourth-order valence-corrected chi connectivity index (χ4v) is 0.904. The Balaban J connectivity index is 3.70. The topological polar surface area (TPSA) is 47.5 Å². The van der Waals surface area contributed by atoms with Crippen LogP contribution >= 0.6 is 0 Å². The highest BCUT2D eigenvalue weighted by molar-refractivity contribution is 4.98. The van der Waals surface area contributed by atoms with Gasteiger partial charge in [-0.1, -0.05) is 6.08 Å². The van der Waals surface area contributed by atoms with Crippen LogP contribution < -0.4 is 10.9 Å². The molecular weight excluding hydrogens is 154 g/mol. The summed E-state index contributed by atoms with van der Waals surface area (Å²) in [6.07, 6.45) is 2.00. The molecule has 0 aliphatic rings. The number of likely N-dealkylation sites (N-methyl/N-ethyl adjacent to an activating group) is 1. The maximum atomic E-state index is 8.66. The van der Waals surface area contributed by atoms with E-state index >= 15 is 0 Å². The van der Waals surface area contributed by atoms with Crippen LogP contribution in [-0.2, 0) is 0 Å². The smallest absolute Gasteiger partial charge is 0.0558 e. The van der Waals surface area contributed by atoms with E-state index in [0.717, 1.165) is 12.2 Å². The molecule has 0 saturated heterocycles. The second kappa shape index (κ2) is 7.09. The monoisotopic (exact) mass is 173 g/mol. The van der Waals surface area contributed by atoms with Crippen LogP contribution in [-0.4, -0.2) is 43.8 Å². The van der Waals surface area contributed by atoms with E-state index in [1.807, 2.05) is 32.0 Å². The average Bonchev–Trinajstić information content (AvgIpc) is 2.04. The van der Waals surface area contributed by atoms with Crippen LogP contribution in [0.25, 0.3) is 0 Å². The van der Waals surface area contributed by atoms with Gasteiger partial charge < -0.3 is 10.5 Å². The number of nitrogens with one attached hydrogen (secondary N) is 2. The lowest BCUT2D eigenvalue weighted by molar-refractivity contribution is 0.228. The standard InChI is InChI=1S/C8H19N3O/c1-4-8(10-9-2)7-11(3)5-6-12/h4,9-10,12H,5-7H2,1-3H3/b8-4-. The Morgan fingerprint density at radius 1 is 1.58 bits per heavy atom. The van der Waals surface area contributed by atoms with E-state index in [-0.39, 0.29) is 6.61 Å². The molecule has 72 valence electrons. The summed E-state index contributed by atoms with van der Waals surface area (Å²) < 4.78 is 0. The van der Waals surface area contributed by atoms with Crippen molar-refractivity contribution in [2.75, 3.05) is 33.8 Å². The predicted octanol–water partition coefficient (Wildman–Crippen LogP) is -0.462. The number of hydrogen-bond acceptors (Lipinski definition) is 4. The molecule has 0 aromatic rings. The first-order chi connectivity index (χ1) is 5.74. The molecule has 0 aromatic heterocycles. The SMILES string of the molecule is C/C=C(/CN(C)CCO)NNC. The third-order valence-electron chi connectivity index (χ3n) is 1.56. The molecular formula is C8H19N3O. The van der Waals surface area contributed by atoms with Crippen molar-refractivity contribution in [3.05, 3.63) is 11.8 Å². The number of hydrazine groups is 1. The lowest BCUT2D eigenvalue weighted by Gasteiger charge is -2.17. The van der Waals surface area contributed by atoms with E-state index in [9.17, 15) is 0 Å². The number of nitrogens with zero attached hydrogens (tertiary/aromatic N) is 1. The van der Waals surface area contributed by atoms with Gasteiger partial charge in [0.1, 0.15) is 0 Å². The number of allylic oxidation sites excluding steroid dienone is 1. The molecule has 0 aromatic carbocycles. The molecule has 0 heterocycles. The van der Waals surface area contributed by atoms with Crippen LogP contribution in [0.3, 0.4) is 0 Å². The van der Waals surface area contributed by atoms with Gasteiger partial charge in [-0.3, -0.25) is 4.90 Å². The van der Waals surface area contributed by atoms with Crippen molar-refractivity contribution in [3.63, 3.8) is 0 Å². The molecule has 4 heteroatoms. The number of hydrogen-bond donors (Lipinski definition) is 3. The molecule has 0 radical (unpaired) electrons. The van der Waals surface area contributed by atoms with Gasteiger partial charge in [0.15, 0.2) is 0 Å². The first-order valence-electron chi connectivity index (χ1n) is 4.12. The molecule has 0 rings (SSSR count). The molecule has 12 heavy (non-hydrogen) atoms. The zero-order valence-corrected chi connectivity index (χ0v) is 8.09. The molecule has 0 fully saturated rings. The summed E-state index contributed by atoms with van der Waals surface area (Å²) in [6, 6.07) is 0. The summed E-state index contributed by atoms with van der Waals surface area (Å²) in [5.41, 5.74) is 6.97. The van der Waals surface area contributed by atoms with E-state index in [2.05, 4.69) is 10.9 Å². The quantitative estimate of drug-likeness (QED) is 0.476. The third kappa shape index (κ3) is 5.12. The molecule has 0 bridgehead atoms. The number of aliphatic hydroxyl groups is 1. The summed E-state index contributed by atoms with van der Waals surface area (Å²) in [7, 11) is 3.80.